The van der Waals surface area contributed by atoms with E-state index < -0.39 is 18.6 Å². The van der Waals surface area contributed by atoms with E-state index in [2.05, 4.69) is 15.1 Å². The zero-order chi connectivity index (χ0) is 15.6. The smallest absolute Gasteiger partial charge is 0.347 e. The van der Waals surface area contributed by atoms with Crippen molar-refractivity contribution in [2.24, 2.45) is 0 Å². The van der Waals surface area contributed by atoms with E-state index in [-0.39, 0.29) is 6.42 Å². The molecule has 0 aromatic carbocycles. The summed E-state index contributed by atoms with van der Waals surface area (Å²) >= 11 is 0. The predicted molar refractivity (Wildman–Crippen MR) is 67.6 cm³/mol. The van der Waals surface area contributed by atoms with Crippen molar-refractivity contribution in [3.05, 3.63) is 23.3 Å². The normalized spacial score (nSPS) is 11.9. The first-order valence-corrected chi connectivity index (χ1v) is 6.27. The van der Waals surface area contributed by atoms with Crippen LogP contribution in [0.3, 0.4) is 0 Å². The first-order chi connectivity index (χ1) is 9.78. The summed E-state index contributed by atoms with van der Waals surface area (Å²) < 4.78 is 37.5. The van der Waals surface area contributed by atoms with Gasteiger partial charge in [0.2, 0.25) is 5.91 Å². The quantitative estimate of drug-likeness (QED) is 0.925. The highest BCUT2D eigenvalue weighted by Gasteiger charge is 2.27. The fourth-order valence-corrected chi connectivity index (χ4v) is 2.04. The second-order valence-corrected chi connectivity index (χ2v) is 4.62. The highest BCUT2D eigenvalue weighted by Crippen LogP contribution is 2.15. The summed E-state index contributed by atoms with van der Waals surface area (Å²) in [6.45, 7) is 2.26. The Labute approximate surface area is 118 Å². The molecule has 2 aromatic rings. The van der Waals surface area contributed by atoms with Crippen molar-refractivity contribution in [2.75, 3.05) is 6.54 Å². The van der Waals surface area contributed by atoms with E-state index in [1.807, 2.05) is 5.32 Å². The predicted octanol–water partition coefficient (Wildman–Crippen LogP) is 1.35. The van der Waals surface area contributed by atoms with Crippen LogP contribution in [0.5, 0.6) is 0 Å². The summed E-state index contributed by atoms with van der Waals surface area (Å²) in [5.41, 5.74) is 2.26. The van der Waals surface area contributed by atoms with Crippen LogP contribution in [-0.2, 0) is 11.2 Å². The van der Waals surface area contributed by atoms with E-state index >= 15 is 0 Å². The molecule has 0 atom stereocenters. The highest BCUT2D eigenvalue weighted by atomic mass is 19.4. The number of amides is 1. The Morgan fingerprint density at radius 3 is 2.76 bits per heavy atom. The zero-order valence-electron chi connectivity index (χ0n) is 11.5. The molecular formula is C12H14F3N5O. The van der Waals surface area contributed by atoms with Crippen LogP contribution in [0, 0.1) is 13.8 Å². The Morgan fingerprint density at radius 1 is 1.38 bits per heavy atom. The maximum atomic E-state index is 12.0. The molecule has 1 amide bonds. The first kappa shape index (κ1) is 15.2. The number of nitrogens with one attached hydrogen (secondary N) is 1. The van der Waals surface area contributed by atoms with Crippen LogP contribution in [0.15, 0.2) is 6.33 Å². The second kappa shape index (κ2) is 5.66. The fourth-order valence-electron chi connectivity index (χ4n) is 2.04. The number of fused-ring (bicyclic) bond motifs is 1. The molecule has 0 aliphatic carbocycles. The Morgan fingerprint density at radius 2 is 2.10 bits per heavy atom. The summed E-state index contributed by atoms with van der Waals surface area (Å²) in [5, 5.41) is 5.85. The van der Waals surface area contributed by atoms with Gasteiger partial charge in [0.1, 0.15) is 12.9 Å². The van der Waals surface area contributed by atoms with Crippen LogP contribution in [0.2, 0.25) is 0 Å². The lowest BCUT2D eigenvalue weighted by molar-refractivity contribution is -0.138. The third kappa shape index (κ3) is 3.67. The SMILES string of the molecule is Cc1nc2ncnn2c(C)c1CCC(=O)NCC(F)(F)F. The largest absolute Gasteiger partial charge is 0.405 e. The van der Waals surface area contributed by atoms with Gasteiger partial charge >= 0.3 is 6.18 Å². The number of carbonyl (C=O) groups excluding carboxylic acids is 1. The molecule has 0 saturated carbocycles. The third-order valence-electron chi connectivity index (χ3n) is 3.08. The first-order valence-electron chi connectivity index (χ1n) is 6.27. The van der Waals surface area contributed by atoms with Crippen molar-refractivity contribution in [2.45, 2.75) is 32.9 Å². The lowest BCUT2D eigenvalue weighted by atomic mass is 10.1. The molecule has 0 bridgehead atoms. The van der Waals surface area contributed by atoms with E-state index in [4.69, 9.17) is 0 Å². The van der Waals surface area contributed by atoms with Gasteiger partial charge in [0, 0.05) is 17.8 Å². The lowest BCUT2D eigenvalue weighted by Gasteiger charge is -2.11. The molecule has 114 valence electrons. The zero-order valence-corrected chi connectivity index (χ0v) is 11.5. The topological polar surface area (TPSA) is 72.2 Å². The number of rotatable bonds is 4. The molecule has 0 fully saturated rings. The Balaban J connectivity index is 2.05. The fraction of sp³-hybridized carbons (Fsp3) is 0.500. The van der Waals surface area contributed by atoms with Gasteiger partial charge in [0.25, 0.3) is 5.78 Å². The van der Waals surface area contributed by atoms with Gasteiger partial charge in [-0.2, -0.15) is 23.3 Å². The maximum absolute atomic E-state index is 12.0. The van der Waals surface area contributed by atoms with Gasteiger partial charge in [-0.3, -0.25) is 4.79 Å². The van der Waals surface area contributed by atoms with Gasteiger partial charge in [-0.05, 0) is 25.8 Å². The molecule has 2 rings (SSSR count). The minimum Gasteiger partial charge on any atom is -0.347 e. The molecule has 0 aliphatic heterocycles. The molecule has 9 heteroatoms. The number of nitrogens with zero attached hydrogens (tertiary/aromatic N) is 4. The lowest BCUT2D eigenvalue weighted by Crippen LogP contribution is -2.33. The molecule has 21 heavy (non-hydrogen) atoms. The van der Waals surface area contributed by atoms with E-state index in [1.54, 1.807) is 13.8 Å². The van der Waals surface area contributed by atoms with Crippen molar-refractivity contribution < 1.29 is 18.0 Å². The second-order valence-electron chi connectivity index (χ2n) is 4.62. The highest BCUT2D eigenvalue weighted by molar-refractivity contribution is 5.76. The maximum Gasteiger partial charge on any atom is 0.405 e. The van der Waals surface area contributed by atoms with Crippen LogP contribution in [0.25, 0.3) is 5.78 Å². The number of aromatic nitrogens is 4. The third-order valence-corrected chi connectivity index (χ3v) is 3.08. The van der Waals surface area contributed by atoms with Crippen LogP contribution in [0.4, 0.5) is 13.2 Å². The van der Waals surface area contributed by atoms with Crippen LogP contribution in [0.1, 0.15) is 23.4 Å². The van der Waals surface area contributed by atoms with E-state index in [1.165, 1.54) is 10.8 Å². The van der Waals surface area contributed by atoms with Crippen LogP contribution in [-0.4, -0.2) is 38.2 Å². The minimum atomic E-state index is -4.40. The molecule has 0 saturated heterocycles. The standard InChI is InChI=1S/C12H14F3N5O/c1-7-9(3-4-10(21)16-5-12(13,14)15)8(2)20-11(19-7)17-6-18-20/h6H,3-5H2,1-2H3,(H,16,21). The molecule has 2 aromatic heterocycles. The summed E-state index contributed by atoms with van der Waals surface area (Å²) in [6, 6.07) is 0. The number of aryl methyl sites for hydroxylation is 2. The number of hydrogen-bond acceptors (Lipinski definition) is 4. The monoisotopic (exact) mass is 301 g/mol. The van der Waals surface area contributed by atoms with Gasteiger partial charge < -0.3 is 5.32 Å². The van der Waals surface area contributed by atoms with Gasteiger partial charge in [-0.15, -0.1) is 0 Å². The van der Waals surface area contributed by atoms with Crippen LogP contribution < -0.4 is 5.32 Å². The van der Waals surface area contributed by atoms with Gasteiger partial charge in [0.05, 0.1) is 0 Å². The summed E-state index contributed by atoms with van der Waals surface area (Å²) in [4.78, 5) is 19.6. The molecular weight excluding hydrogens is 287 g/mol. The van der Waals surface area contributed by atoms with Gasteiger partial charge in [-0.25, -0.2) is 9.50 Å². The van der Waals surface area contributed by atoms with Crippen LogP contribution >= 0.6 is 0 Å². The van der Waals surface area contributed by atoms with Crippen molar-refractivity contribution in [1.29, 1.82) is 0 Å². The molecule has 1 N–H and O–H groups in total. The minimum absolute atomic E-state index is 0.0420. The summed E-state index contributed by atoms with van der Waals surface area (Å²) in [7, 11) is 0. The van der Waals surface area contributed by atoms with Crippen molar-refractivity contribution in [3.8, 4) is 0 Å². The molecule has 6 nitrogen and oxygen atoms in total. The van der Waals surface area contributed by atoms with E-state index in [9.17, 15) is 18.0 Å². The average Bonchev–Trinajstić information content (AvgIpc) is 2.83. The summed E-state index contributed by atoms with van der Waals surface area (Å²) in [6.07, 6.45) is -2.78. The molecule has 0 radical (unpaired) electrons. The molecule has 0 spiro atoms. The van der Waals surface area contributed by atoms with Crippen molar-refractivity contribution >= 4 is 11.7 Å². The number of hydrogen-bond donors (Lipinski definition) is 1. The van der Waals surface area contributed by atoms with Crippen molar-refractivity contribution in [3.63, 3.8) is 0 Å². The van der Waals surface area contributed by atoms with E-state index in [0.717, 1.165) is 11.3 Å². The van der Waals surface area contributed by atoms with E-state index in [0.29, 0.717) is 17.9 Å². The average molecular weight is 301 g/mol. The molecule has 2 heterocycles. The number of carbonyl (C=O) groups is 1. The number of alkyl halides is 3. The molecule has 0 aliphatic rings. The Kier molecular flexibility index (Phi) is 4.10. The van der Waals surface area contributed by atoms with Gasteiger partial charge in [0.15, 0.2) is 0 Å². The van der Waals surface area contributed by atoms with Crippen molar-refractivity contribution in [1.82, 2.24) is 24.9 Å². The summed E-state index contributed by atoms with van der Waals surface area (Å²) in [5.74, 6) is -0.194. The van der Waals surface area contributed by atoms with Gasteiger partial charge in [-0.1, -0.05) is 0 Å². The molecule has 0 unspecified atom stereocenters. The number of halogens is 3. The Hall–Kier alpha value is -2.19. The Bertz CT molecular complexity index is 665.